The van der Waals surface area contributed by atoms with Gasteiger partial charge in [0, 0.05) is 28.6 Å². The van der Waals surface area contributed by atoms with Crippen LogP contribution in [0.15, 0.2) is 29.6 Å². The van der Waals surface area contributed by atoms with Crippen LogP contribution in [0.1, 0.15) is 30.3 Å². The maximum atomic E-state index is 12.7. The molecule has 0 saturated heterocycles. The van der Waals surface area contributed by atoms with Crippen LogP contribution in [0.2, 0.25) is 5.02 Å². The number of rotatable bonds is 6. The Morgan fingerprint density at radius 3 is 2.83 bits per heavy atom. The molecule has 0 aliphatic heterocycles. The second-order valence-corrected chi connectivity index (χ2v) is 7.27. The molecule has 1 saturated carbocycles. The molecule has 1 N–H and O–H groups in total. The number of carbonyl (C=O) groups excluding carboxylic acids is 1. The van der Waals surface area contributed by atoms with Crippen molar-refractivity contribution in [2.45, 2.75) is 25.8 Å². The maximum absolute atomic E-state index is 12.7. The minimum atomic E-state index is -0.897. The third-order valence-electron chi connectivity index (χ3n) is 3.94. The Morgan fingerprint density at radius 1 is 1.46 bits per heavy atom. The van der Waals surface area contributed by atoms with Crippen molar-refractivity contribution in [3.63, 3.8) is 0 Å². The molecule has 0 spiro atoms. The van der Waals surface area contributed by atoms with Gasteiger partial charge in [0.05, 0.1) is 5.92 Å². The highest BCUT2D eigenvalue weighted by Crippen LogP contribution is 2.31. The van der Waals surface area contributed by atoms with Crippen LogP contribution in [-0.2, 0) is 4.79 Å². The molecule has 2 aromatic rings. The van der Waals surface area contributed by atoms with Crippen LogP contribution in [0, 0.1) is 5.92 Å². The summed E-state index contributed by atoms with van der Waals surface area (Å²) in [6.07, 6.45) is 1.84. The molecule has 1 amide bonds. The van der Waals surface area contributed by atoms with Crippen molar-refractivity contribution in [3.8, 4) is 10.6 Å². The van der Waals surface area contributed by atoms with E-state index in [1.54, 1.807) is 29.3 Å². The smallest absolute Gasteiger partial charge is 0.308 e. The molecular formula is C17H17ClN2O3S. The van der Waals surface area contributed by atoms with Crippen molar-refractivity contribution in [3.05, 3.63) is 40.4 Å². The van der Waals surface area contributed by atoms with Gasteiger partial charge in [-0.1, -0.05) is 30.7 Å². The molecule has 1 aromatic heterocycles. The first kappa shape index (κ1) is 16.9. The Kier molecular flexibility index (Phi) is 4.87. The first-order valence-corrected chi connectivity index (χ1v) is 8.96. The number of carboxylic acids is 1. The fourth-order valence-corrected chi connectivity index (χ4v) is 3.41. The van der Waals surface area contributed by atoms with Gasteiger partial charge in [-0.3, -0.25) is 9.59 Å². The van der Waals surface area contributed by atoms with Gasteiger partial charge in [-0.05, 0) is 25.0 Å². The van der Waals surface area contributed by atoms with E-state index in [1.165, 1.54) is 11.3 Å². The summed E-state index contributed by atoms with van der Waals surface area (Å²) in [6.45, 7) is 1.83. The number of benzene rings is 1. The summed E-state index contributed by atoms with van der Waals surface area (Å²) >= 11 is 7.38. The van der Waals surface area contributed by atoms with Gasteiger partial charge in [0.25, 0.3) is 5.91 Å². The average molecular weight is 365 g/mol. The van der Waals surface area contributed by atoms with Crippen LogP contribution >= 0.6 is 22.9 Å². The van der Waals surface area contributed by atoms with Crippen LogP contribution in [0.25, 0.3) is 10.6 Å². The molecule has 5 nitrogen and oxygen atoms in total. The monoisotopic (exact) mass is 364 g/mol. The number of aliphatic carboxylic acids is 1. The molecule has 1 fully saturated rings. The number of hydrogen-bond donors (Lipinski definition) is 1. The van der Waals surface area contributed by atoms with Crippen molar-refractivity contribution < 1.29 is 14.7 Å². The predicted molar refractivity (Wildman–Crippen MR) is 93.4 cm³/mol. The van der Waals surface area contributed by atoms with Gasteiger partial charge in [-0.2, -0.15) is 0 Å². The SMILES string of the molecule is CC(CN(C(=O)c1csc(-c2cccc(Cl)c2)n1)C1CC1)C(=O)O. The molecule has 7 heteroatoms. The Bertz CT molecular complexity index is 773. The Labute approximate surface area is 148 Å². The van der Waals surface area contributed by atoms with E-state index in [4.69, 9.17) is 16.7 Å². The van der Waals surface area contributed by atoms with Crippen molar-refractivity contribution >= 4 is 34.8 Å². The molecule has 1 aliphatic carbocycles. The van der Waals surface area contributed by atoms with Crippen LogP contribution in [0.3, 0.4) is 0 Å². The van der Waals surface area contributed by atoms with Crippen LogP contribution in [0.5, 0.6) is 0 Å². The van der Waals surface area contributed by atoms with E-state index in [2.05, 4.69) is 4.98 Å². The summed E-state index contributed by atoms with van der Waals surface area (Å²) in [5.74, 6) is -1.69. The number of hydrogen-bond acceptors (Lipinski definition) is 4. The fourth-order valence-electron chi connectivity index (χ4n) is 2.43. The Balaban J connectivity index is 1.80. The van der Waals surface area contributed by atoms with E-state index in [-0.39, 0.29) is 18.5 Å². The van der Waals surface area contributed by atoms with E-state index >= 15 is 0 Å². The van der Waals surface area contributed by atoms with E-state index in [0.717, 1.165) is 23.4 Å². The number of halogens is 1. The van der Waals surface area contributed by atoms with Crippen LogP contribution in [0.4, 0.5) is 0 Å². The largest absolute Gasteiger partial charge is 0.481 e. The highest BCUT2D eigenvalue weighted by molar-refractivity contribution is 7.13. The first-order chi connectivity index (χ1) is 11.5. The molecule has 1 heterocycles. The molecule has 126 valence electrons. The second kappa shape index (κ2) is 6.91. The van der Waals surface area contributed by atoms with E-state index in [0.29, 0.717) is 10.7 Å². The lowest BCUT2D eigenvalue weighted by atomic mass is 10.1. The topological polar surface area (TPSA) is 70.5 Å². The summed E-state index contributed by atoms with van der Waals surface area (Å²) in [7, 11) is 0. The highest BCUT2D eigenvalue weighted by Gasteiger charge is 2.35. The standard InChI is InChI=1S/C17H17ClN2O3S/c1-10(17(22)23)8-20(13-5-6-13)16(21)14-9-24-15(19-14)11-3-2-4-12(18)7-11/h2-4,7,9-10,13H,5-6,8H2,1H3,(H,22,23). The third-order valence-corrected chi connectivity index (χ3v) is 5.06. The molecule has 1 aliphatic rings. The third kappa shape index (κ3) is 3.76. The Morgan fingerprint density at radius 2 is 2.21 bits per heavy atom. The highest BCUT2D eigenvalue weighted by atomic mass is 35.5. The van der Waals surface area contributed by atoms with E-state index in [9.17, 15) is 9.59 Å². The Hall–Kier alpha value is -1.92. The number of carbonyl (C=O) groups is 2. The van der Waals surface area contributed by atoms with Gasteiger partial charge in [0.15, 0.2) is 0 Å². The normalized spacial score (nSPS) is 15.1. The quantitative estimate of drug-likeness (QED) is 0.846. The van der Waals surface area contributed by atoms with E-state index in [1.807, 2.05) is 12.1 Å². The first-order valence-electron chi connectivity index (χ1n) is 7.71. The maximum Gasteiger partial charge on any atom is 0.308 e. The molecule has 3 rings (SSSR count). The van der Waals surface area contributed by atoms with Crippen molar-refractivity contribution in [2.75, 3.05) is 6.54 Å². The summed E-state index contributed by atoms with van der Waals surface area (Å²) in [5.41, 5.74) is 1.22. The van der Waals surface area contributed by atoms with Crippen molar-refractivity contribution in [1.82, 2.24) is 9.88 Å². The number of carboxylic acid groups (broad SMARTS) is 1. The van der Waals surface area contributed by atoms with E-state index < -0.39 is 11.9 Å². The molecule has 0 radical (unpaired) electrons. The zero-order valence-electron chi connectivity index (χ0n) is 13.1. The molecule has 0 bridgehead atoms. The zero-order chi connectivity index (χ0) is 17.3. The number of amides is 1. The van der Waals surface area contributed by atoms with Gasteiger partial charge >= 0.3 is 5.97 Å². The van der Waals surface area contributed by atoms with Crippen molar-refractivity contribution in [1.29, 1.82) is 0 Å². The van der Waals surface area contributed by atoms with Gasteiger partial charge in [0.1, 0.15) is 10.7 Å². The number of nitrogens with zero attached hydrogens (tertiary/aromatic N) is 2. The zero-order valence-corrected chi connectivity index (χ0v) is 14.7. The minimum Gasteiger partial charge on any atom is -0.481 e. The predicted octanol–water partition coefficient (Wildman–Crippen LogP) is 3.79. The fraction of sp³-hybridized carbons (Fsp3) is 0.353. The molecule has 1 aromatic carbocycles. The number of thiazole rings is 1. The van der Waals surface area contributed by atoms with Crippen LogP contribution < -0.4 is 0 Å². The van der Waals surface area contributed by atoms with Gasteiger partial charge in [-0.15, -0.1) is 11.3 Å². The molecular weight excluding hydrogens is 348 g/mol. The van der Waals surface area contributed by atoms with Gasteiger partial charge in [-0.25, -0.2) is 4.98 Å². The molecule has 24 heavy (non-hydrogen) atoms. The lowest BCUT2D eigenvalue weighted by molar-refractivity contribution is -0.141. The summed E-state index contributed by atoms with van der Waals surface area (Å²) in [4.78, 5) is 29.9. The average Bonchev–Trinajstić information content (AvgIpc) is 3.27. The van der Waals surface area contributed by atoms with Gasteiger partial charge < -0.3 is 10.0 Å². The van der Waals surface area contributed by atoms with Crippen LogP contribution in [-0.4, -0.2) is 39.5 Å². The summed E-state index contributed by atoms with van der Waals surface area (Å²) < 4.78 is 0. The summed E-state index contributed by atoms with van der Waals surface area (Å²) in [5, 5.41) is 12.2. The number of aromatic nitrogens is 1. The molecule has 1 atom stereocenters. The lowest BCUT2D eigenvalue weighted by Crippen LogP contribution is -2.38. The minimum absolute atomic E-state index is 0.135. The van der Waals surface area contributed by atoms with Gasteiger partial charge in [0.2, 0.25) is 0 Å². The molecule has 1 unspecified atom stereocenters. The second-order valence-electron chi connectivity index (χ2n) is 5.98. The summed E-state index contributed by atoms with van der Waals surface area (Å²) in [6, 6.07) is 7.46. The van der Waals surface area contributed by atoms with Crippen molar-refractivity contribution in [2.24, 2.45) is 5.92 Å². The lowest BCUT2D eigenvalue weighted by Gasteiger charge is -2.23.